The van der Waals surface area contributed by atoms with E-state index >= 15 is 0 Å². The molecule has 0 fully saturated rings. The Bertz CT molecular complexity index is 475. The molecule has 82 valence electrons. The molecule has 16 heavy (non-hydrogen) atoms. The van der Waals surface area contributed by atoms with Crippen LogP contribution < -0.4 is 0 Å². The van der Waals surface area contributed by atoms with Crippen molar-refractivity contribution in [2.24, 2.45) is 0 Å². The standard InChI is InChI=1S/C16H18/c1-12-5-7-14(8-6-12)16-10-9-13-3-2-4-15(13)11-16/h5,7,9-11H,2-4,6,8H2,1H3. The van der Waals surface area contributed by atoms with Gasteiger partial charge in [0.15, 0.2) is 0 Å². The van der Waals surface area contributed by atoms with E-state index in [1.807, 2.05) is 0 Å². The summed E-state index contributed by atoms with van der Waals surface area (Å²) < 4.78 is 0. The molecule has 0 spiro atoms. The molecule has 0 amide bonds. The first kappa shape index (κ1) is 9.89. The van der Waals surface area contributed by atoms with E-state index in [2.05, 4.69) is 37.3 Å². The Hall–Kier alpha value is -1.30. The van der Waals surface area contributed by atoms with Crippen molar-refractivity contribution in [1.82, 2.24) is 0 Å². The van der Waals surface area contributed by atoms with Gasteiger partial charge in [-0.1, -0.05) is 35.9 Å². The van der Waals surface area contributed by atoms with Gasteiger partial charge in [0.05, 0.1) is 0 Å². The lowest BCUT2D eigenvalue weighted by atomic mass is 9.92. The highest BCUT2D eigenvalue weighted by Gasteiger charge is 2.13. The second kappa shape index (κ2) is 3.93. The van der Waals surface area contributed by atoms with Gasteiger partial charge in [-0.05, 0) is 61.3 Å². The number of benzene rings is 1. The molecule has 0 heterocycles. The minimum absolute atomic E-state index is 1.21. The lowest BCUT2D eigenvalue weighted by molar-refractivity contribution is 0.911. The van der Waals surface area contributed by atoms with E-state index in [0.29, 0.717) is 0 Å². The van der Waals surface area contributed by atoms with E-state index in [1.54, 1.807) is 11.1 Å². The summed E-state index contributed by atoms with van der Waals surface area (Å²) in [4.78, 5) is 0. The zero-order valence-electron chi connectivity index (χ0n) is 9.92. The van der Waals surface area contributed by atoms with Crippen LogP contribution in [0.2, 0.25) is 0 Å². The topological polar surface area (TPSA) is 0 Å². The summed E-state index contributed by atoms with van der Waals surface area (Å²) in [7, 11) is 0. The molecule has 0 unspecified atom stereocenters. The summed E-state index contributed by atoms with van der Waals surface area (Å²) in [6.07, 6.45) is 10.9. The Kier molecular flexibility index (Phi) is 2.43. The van der Waals surface area contributed by atoms with E-state index in [-0.39, 0.29) is 0 Å². The van der Waals surface area contributed by atoms with Crippen LogP contribution >= 0.6 is 0 Å². The van der Waals surface area contributed by atoms with Crippen molar-refractivity contribution in [3.05, 3.63) is 52.6 Å². The average Bonchev–Trinajstić information content (AvgIpc) is 2.77. The van der Waals surface area contributed by atoms with Crippen LogP contribution in [0, 0.1) is 0 Å². The number of aryl methyl sites for hydroxylation is 2. The molecule has 1 aromatic carbocycles. The van der Waals surface area contributed by atoms with Crippen molar-refractivity contribution in [3.8, 4) is 0 Å². The first-order valence-electron chi connectivity index (χ1n) is 6.31. The summed E-state index contributed by atoms with van der Waals surface area (Å²) in [5.41, 5.74) is 7.63. The second-order valence-electron chi connectivity index (χ2n) is 5.04. The van der Waals surface area contributed by atoms with Gasteiger partial charge in [-0.2, -0.15) is 0 Å². The smallest absolute Gasteiger partial charge is 0.0221 e. The van der Waals surface area contributed by atoms with E-state index < -0.39 is 0 Å². The van der Waals surface area contributed by atoms with E-state index in [1.165, 1.54) is 48.8 Å². The second-order valence-corrected chi connectivity index (χ2v) is 5.04. The Balaban J connectivity index is 1.96. The molecular weight excluding hydrogens is 192 g/mol. The fourth-order valence-electron chi connectivity index (χ4n) is 2.75. The first-order valence-corrected chi connectivity index (χ1v) is 6.31. The summed E-state index contributed by atoms with van der Waals surface area (Å²) >= 11 is 0. The normalized spacial score (nSPS) is 19.1. The Morgan fingerprint density at radius 2 is 1.75 bits per heavy atom. The minimum Gasteiger partial charge on any atom is -0.0730 e. The molecule has 0 bridgehead atoms. The summed E-state index contributed by atoms with van der Waals surface area (Å²) in [6, 6.07) is 7.07. The zero-order valence-corrected chi connectivity index (χ0v) is 9.92. The highest BCUT2D eigenvalue weighted by Crippen LogP contribution is 2.30. The van der Waals surface area contributed by atoms with Crippen LogP contribution in [-0.4, -0.2) is 0 Å². The average molecular weight is 210 g/mol. The van der Waals surface area contributed by atoms with Crippen LogP contribution in [0.25, 0.3) is 5.57 Å². The van der Waals surface area contributed by atoms with Gasteiger partial charge in [-0.3, -0.25) is 0 Å². The monoisotopic (exact) mass is 210 g/mol. The molecule has 2 aliphatic rings. The molecule has 0 N–H and O–H groups in total. The molecule has 0 aromatic heterocycles. The molecule has 0 nitrogen and oxygen atoms in total. The molecule has 3 rings (SSSR count). The molecule has 0 aliphatic heterocycles. The molecule has 0 heteroatoms. The molecular formula is C16H18. The predicted molar refractivity (Wildman–Crippen MR) is 69.4 cm³/mol. The van der Waals surface area contributed by atoms with Gasteiger partial charge < -0.3 is 0 Å². The van der Waals surface area contributed by atoms with Gasteiger partial charge in [-0.25, -0.2) is 0 Å². The highest BCUT2D eigenvalue weighted by molar-refractivity contribution is 5.69. The summed E-state index contributed by atoms with van der Waals surface area (Å²) in [5.74, 6) is 0. The van der Waals surface area contributed by atoms with Crippen molar-refractivity contribution < 1.29 is 0 Å². The quantitative estimate of drug-likeness (QED) is 0.648. The molecule has 0 saturated heterocycles. The number of hydrogen-bond donors (Lipinski definition) is 0. The van der Waals surface area contributed by atoms with Crippen LogP contribution in [-0.2, 0) is 12.8 Å². The third-order valence-electron chi connectivity index (χ3n) is 3.83. The maximum absolute atomic E-state index is 2.42. The van der Waals surface area contributed by atoms with Crippen molar-refractivity contribution >= 4 is 5.57 Å². The molecule has 0 atom stereocenters. The molecule has 0 saturated carbocycles. The maximum atomic E-state index is 2.42. The van der Waals surface area contributed by atoms with Gasteiger partial charge in [0.2, 0.25) is 0 Å². The van der Waals surface area contributed by atoms with Crippen LogP contribution in [0.15, 0.2) is 35.9 Å². The van der Waals surface area contributed by atoms with Crippen molar-refractivity contribution in [2.45, 2.75) is 39.0 Å². The fraction of sp³-hybridized carbons (Fsp3) is 0.375. The van der Waals surface area contributed by atoms with Crippen LogP contribution in [0.3, 0.4) is 0 Å². The van der Waals surface area contributed by atoms with Gasteiger partial charge in [0.1, 0.15) is 0 Å². The minimum atomic E-state index is 1.21. The summed E-state index contributed by atoms with van der Waals surface area (Å²) in [6.45, 7) is 2.22. The number of rotatable bonds is 1. The lowest BCUT2D eigenvalue weighted by Crippen LogP contribution is -1.93. The zero-order chi connectivity index (χ0) is 11.0. The maximum Gasteiger partial charge on any atom is -0.0221 e. The van der Waals surface area contributed by atoms with Gasteiger partial charge >= 0.3 is 0 Å². The van der Waals surface area contributed by atoms with Gasteiger partial charge in [0.25, 0.3) is 0 Å². The van der Waals surface area contributed by atoms with E-state index in [4.69, 9.17) is 0 Å². The van der Waals surface area contributed by atoms with Crippen LogP contribution in [0.1, 0.15) is 42.9 Å². The third kappa shape index (κ3) is 1.73. The molecule has 0 radical (unpaired) electrons. The summed E-state index contributed by atoms with van der Waals surface area (Å²) in [5, 5.41) is 0. The Morgan fingerprint density at radius 3 is 2.56 bits per heavy atom. The predicted octanol–water partition coefficient (Wildman–Crippen LogP) is 4.30. The van der Waals surface area contributed by atoms with Crippen molar-refractivity contribution in [1.29, 1.82) is 0 Å². The number of allylic oxidation sites excluding steroid dienone is 4. The SMILES string of the molecule is CC1=CC=C(c2ccc3c(c2)CCC3)CC1. The number of fused-ring (bicyclic) bond motifs is 1. The van der Waals surface area contributed by atoms with Crippen LogP contribution in [0.5, 0.6) is 0 Å². The van der Waals surface area contributed by atoms with Gasteiger partial charge in [-0.15, -0.1) is 0 Å². The molecule has 2 aliphatic carbocycles. The Labute approximate surface area is 97.7 Å². The van der Waals surface area contributed by atoms with Crippen LogP contribution in [0.4, 0.5) is 0 Å². The fourth-order valence-corrected chi connectivity index (χ4v) is 2.75. The van der Waals surface area contributed by atoms with Gasteiger partial charge in [0, 0.05) is 0 Å². The molecule has 1 aromatic rings. The van der Waals surface area contributed by atoms with E-state index in [0.717, 1.165) is 0 Å². The highest BCUT2D eigenvalue weighted by atomic mass is 14.2. The number of hydrogen-bond acceptors (Lipinski definition) is 0. The first-order chi connectivity index (χ1) is 7.83. The largest absolute Gasteiger partial charge is 0.0730 e. The van der Waals surface area contributed by atoms with E-state index in [9.17, 15) is 0 Å². The lowest BCUT2D eigenvalue weighted by Gasteiger charge is -2.13. The third-order valence-corrected chi connectivity index (χ3v) is 3.83. The Morgan fingerprint density at radius 1 is 0.875 bits per heavy atom. The van der Waals surface area contributed by atoms with Crippen molar-refractivity contribution in [2.75, 3.05) is 0 Å². The van der Waals surface area contributed by atoms with Crippen molar-refractivity contribution in [3.63, 3.8) is 0 Å².